The Bertz CT molecular complexity index is 463. The molecule has 2 rings (SSSR count). The number of hydrogen-bond acceptors (Lipinski definition) is 3. The van der Waals surface area contributed by atoms with Gasteiger partial charge in [0.25, 0.3) is 0 Å². The third-order valence-electron chi connectivity index (χ3n) is 2.99. The zero-order chi connectivity index (χ0) is 13.3. The van der Waals surface area contributed by atoms with Gasteiger partial charge in [0.05, 0.1) is 11.4 Å². The normalized spacial score (nSPS) is 16.2. The molecule has 1 aliphatic heterocycles. The lowest BCUT2D eigenvalue weighted by atomic mass is 10.1. The lowest BCUT2D eigenvalue weighted by molar-refractivity contribution is -0.118. The zero-order valence-electron chi connectivity index (χ0n) is 11.6. The molecule has 0 aromatic carbocycles. The van der Waals surface area contributed by atoms with E-state index in [1.807, 2.05) is 19.2 Å². The van der Waals surface area contributed by atoms with E-state index in [2.05, 4.69) is 31.1 Å². The van der Waals surface area contributed by atoms with Crippen molar-refractivity contribution in [2.75, 3.05) is 17.3 Å². The van der Waals surface area contributed by atoms with Gasteiger partial charge in [-0.25, -0.2) is 4.98 Å². The second-order valence-corrected chi connectivity index (χ2v) is 5.84. The molecule has 1 aliphatic rings. The number of carbonyl (C=O) groups is 1. The van der Waals surface area contributed by atoms with Crippen LogP contribution >= 0.6 is 0 Å². The molecular weight excluding hydrogens is 226 g/mol. The molecular formula is C14H21N3O. The van der Waals surface area contributed by atoms with E-state index in [1.54, 1.807) is 4.90 Å². The molecule has 0 bridgehead atoms. The predicted octanol–water partition coefficient (Wildman–Crippen LogP) is 2.59. The van der Waals surface area contributed by atoms with E-state index in [0.29, 0.717) is 6.42 Å². The van der Waals surface area contributed by atoms with Gasteiger partial charge in [-0.1, -0.05) is 0 Å². The van der Waals surface area contributed by atoms with Gasteiger partial charge in [-0.3, -0.25) is 4.79 Å². The standard InChI is InChI=1S/C14H21N3O/c1-14(2,3)16-12-9-8-11-10(15-12)6-5-7-13(18)17(11)4/h8-9H,5-7H2,1-4H3,(H,15,16). The number of fused-ring (bicyclic) bond motifs is 1. The van der Waals surface area contributed by atoms with Crippen LogP contribution in [0.15, 0.2) is 12.1 Å². The second kappa shape index (κ2) is 4.59. The first-order valence-electron chi connectivity index (χ1n) is 6.41. The first-order chi connectivity index (χ1) is 8.37. The van der Waals surface area contributed by atoms with Gasteiger partial charge in [-0.05, 0) is 45.7 Å². The Kier molecular flexibility index (Phi) is 3.28. The lowest BCUT2D eigenvalue weighted by Gasteiger charge is -2.23. The summed E-state index contributed by atoms with van der Waals surface area (Å²) in [5.41, 5.74) is 1.95. The average Bonchev–Trinajstić information content (AvgIpc) is 2.38. The van der Waals surface area contributed by atoms with Crippen molar-refractivity contribution in [3.05, 3.63) is 17.8 Å². The van der Waals surface area contributed by atoms with Crippen molar-refractivity contribution in [1.29, 1.82) is 0 Å². The summed E-state index contributed by atoms with van der Waals surface area (Å²) in [7, 11) is 1.82. The van der Waals surface area contributed by atoms with Crippen molar-refractivity contribution in [1.82, 2.24) is 4.98 Å². The van der Waals surface area contributed by atoms with Gasteiger partial charge in [0.15, 0.2) is 0 Å². The maximum atomic E-state index is 11.8. The number of nitrogens with one attached hydrogen (secondary N) is 1. The van der Waals surface area contributed by atoms with Crippen molar-refractivity contribution in [3.63, 3.8) is 0 Å². The van der Waals surface area contributed by atoms with E-state index in [9.17, 15) is 4.79 Å². The lowest BCUT2D eigenvalue weighted by Crippen LogP contribution is -2.28. The average molecular weight is 247 g/mol. The minimum atomic E-state index is -0.00626. The predicted molar refractivity (Wildman–Crippen MR) is 74.0 cm³/mol. The molecule has 1 aromatic heterocycles. The quantitative estimate of drug-likeness (QED) is 0.829. The van der Waals surface area contributed by atoms with E-state index in [0.717, 1.165) is 30.0 Å². The molecule has 4 nitrogen and oxygen atoms in total. The van der Waals surface area contributed by atoms with Crippen molar-refractivity contribution in [2.24, 2.45) is 0 Å². The van der Waals surface area contributed by atoms with Gasteiger partial charge >= 0.3 is 0 Å². The van der Waals surface area contributed by atoms with Crippen LogP contribution in [0.2, 0.25) is 0 Å². The van der Waals surface area contributed by atoms with Crippen LogP contribution in [0.25, 0.3) is 0 Å². The summed E-state index contributed by atoms with van der Waals surface area (Å²) >= 11 is 0. The maximum Gasteiger partial charge on any atom is 0.226 e. The van der Waals surface area contributed by atoms with Gasteiger partial charge < -0.3 is 10.2 Å². The highest BCUT2D eigenvalue weighted by Crippen LogP contribution is 2.26. The van der Waals surface area contributed by atoms with Crippen LogP contribution in [0.4, 0.5) is 11.5 Å². The summed E-state index contributed by atoms with van der Waals surface area (Å²) in [6, 6.07) is 3.93. The molecule has 1 aromatic rings. The highest BCUT2D eigenvalue weighted by Gasteiger charge is 2.20. The number of rotatable bonds is 1. The van der Waals surface area contributed by atoms with Crippen LogP contribution in [-0.4, -0.2) is 23.5 Å². The Hall–Kier alpha value is -1.58. The number of amides is 1. The Balaban J connectivity index is 2.32. The first kappa shape index (κ1) is 12.9. The summed E-state index contributed by atoms with van der Waals surface area (Å²) in [6.45, 7) is 6.32. The van der Waals surface area contributed by atoms with Crippen molar-refractivity contribution in [2.45, 2.75) is 45.6 Å². The molecule has 0 atom stereocenters. The third-order valence-corrected chi connectivity index (χ3v) is 2.99. The Morgan fingerprint density at radius 3 is 2.67 bits per heavy atom. The van der Waals surface area contributed by atoms with Crippen LogP contribution in [0, 0.1) is 0 Å². The molecule has 0 saturated carbocycles. The van der Waals surface area contributed by atoms with Crippen LogP contribution in [0.3, 0.4) is 0 Å². The van der Waals surface area contributed by atoms with Gasteiger partial charge in [-0.15, -0.1) is 0 Å². The van der Waals surface area contributed by atoms with Gasteiger partial charge in [-0.2, -0.15) is 0 Å². The third kappa shape index (κ3) is 2.81. The largest absolute Gasteiger partial charge is 0.365 e. The van der Waals surface area contributed by atoms with E-state index in [1.165, 1.54) is 0 Å². The van der Waals surface area contributed by atoms with Crippen LogP contribution in [-0.2, 0) is 11.2 Å². The van der Waals surface area contributed by atoms with Crippen LogP contribution < -0.4 is 10.2 Å². The summed E-state index contributed by atoms with van der Waals surface area (Å²) < 4.78 is 0. The minimum Gasteiger partial charge on any atom is -0.365 e. The van der Waals surface area contributed by atoms with E-state index in [4.69, 9.17) is 0 Å². The monoisotopic (exact) mass is 247 g/mol. The fraction of sp³-hybridized carbons (Fsp3) is 0.571. The van der Waals surface area contributed by atoms with Crippen molar-refractivity contribution < 1.29 is 4.79 Å². The molecule has 0 unspecified atom stereocenters. The first-order valence-corrected chi connectivity index (χ1v) is 6.41. The number of hydrogen-bond donors (Lipinski definition) is 1. The SMILES string of the molecule is CN1C(=O)CCCc2nc(NC(C)(C)C)ccc21. The molecule has 0 fully saturated rings. The molecule has 0 radical (unpaired) electrons. The number of anilines is 2. The number of carbonyl (C=O) groups excluding carboxylic acids is 1. The molecule has 2 heterocycles. The molecule has 1 amide bonds. The fourth-order valence-electron chi connectivity index (χ4n) is 2.15. The Morgan fingerprint density at radius 2 is 2.00 bits per heavy atom. The summed E-state index contributed by atoms with van der Waals surface area (Å²) in [6.07, 6.45) is 2.35. The number of aryl methyl sites for hydroxylation is 1. The molecule has 98 valence electrons. The topological polar surface area (TPSA) is 45.2 Å². The maximum absolute atomic E-state index is 11.8. The zero-order valence-corrected chi connectivity index (χ0v) is 11.6. The van der Waals surface area contributed by atoms with E-state index in [-0.39, 0.29) is 11.4 Å². The number of nitrogens with zero attached hydrogens (tertiary/aromatic N) is 2. The number of pyridine rings is 1. The summed E-state index contributed by atoms with van der Waals surface area (Å²) in [5, 5.41) is 3.36. The van der Waals surface area contributed by atoms with Gasteiger partial charge in [0.2, 0.25) is 5.91 Å². The van der Waals surface area contributed by atoms with Gasteiger partial charge in [0.1, 0.15) is 5.82 Å². The fourth-order valence-corrected chi connectivity index (χ4v) is 2.15. The minimum absolute atomic E-state index is 0.00626. The molecule has 0 aliphatic carbocycles. The Labute approximate surface area is 108 Å². The molecule has 1 N–H and O–H groups in total. The van der Waals surface area contributed by atoms with Crippen molar-refractivity contribution >= 4 is 17.4 Å². The smallest absolute Gasteiger partial charge is 0.226 e. The summed E-state index contributed by atoms with van der Waals surface area (Å²) in [5.74, 6) is 1.05. The highest BCUT2D eigenvalue weighted by atomic mass is 16.2. The number of aromatic nitrogens is 1. The van der Waals surface area contributed by atoms with Crippen LogP contribution in [0.1, 0.15) is 39.3 Å². The van der Waals surface area contributed by atoms with Crippen molar-refractivity contribution in [3.8, 4) is 0 Å². The van der Waals surface area contributed by atoms with E-state index >= 15 is 0 Å². The Morgan fingerprint density at radius 1 is 1.28 bits per heavy atom. The summed E-state index contributed by atoms with van der Waals surface area (Å²) in [4.78, 5) is 18.1. The second-order valence-electron chi connectivity index (χ2n) is 5.84. The molecule has 4 heteroatoms. The highest BCUT2D eigenvalue weighted by molar-refractivity contribution is 5.94. The molecule has 0 spiro atoms. The molecule has 18 heavy (non-hydrogen) atoms. The van der Waals surface area contributed by atoms with E-state index < -0.39 is 0 Å². The molecule has 0 saturated heterocycles. The van der Waals surface area contributed by atoms with Crippen LogP contribution in [0.5, 0.6) is 0 Å². The van der Waals surface area contributed by atoms with Gasteiger partial charge in [0, 0.05) is 19.0 Å².